The molecule has 0 radical (unpaired) electrons. The van der Waals surface area contributed by atoms with Gasteiger partial charge in [0.25, 0.3) is 0 Å². The molecule has 1 aromatic carbocycles. The Bertz CT molecular complexity index is 1670. The van der Waals surface area contributed by atoms with E-state index in [0.29, 0.717) is 23.1 Å². The summed E-state index contributed by atoms with van der Waals surface area (Å²) in [5, 5.41) is 7.75. The zero-order valence-electron chi connectivity index (χ0n) is 21.6. The molecule has 2 fully saturated rings. The number of hydrogen-bond donors (Lipinski definition) is 2. The maximum Gasteiger partial charge on any atom is 0.229 e. The SMILES string of the molecule is CNc1ncc(-c2nc3cc(N4CCN(c5ccncc5)CC4)ccc3o2)c2cc(NC(=O)C3CC3)ncc12. The van der Waals surface area contributed by atoms with Gasteiger partial charge in [-0.05, 0) is 49.2 Å². The Morgan fingerprint density at radius 1 is 0.923 bits per heavy atom. The van der Waals surface area contributed by atoms with E-state index in [1.165, 1.54) is 5.69 Å². The Balaban J connectivity index is 1.18. The van der Waals surface area contributed by atoms with Crippen molar-refractivity contribution >= 4 is 50.8 Å². The topological polar surface area (TPSA) is 112 Å². The molecule has 10 heteroatoms. The summed E-state index contributed by atoms with van der Waals surface area (Å²) >= 11 is 0. The van der Waals surface area contributed by atoms with E-state index in [1.54, 1.807) is 12.4 Å². The van der Waals surface area contributed by atoms with Gasteiger partial charge in [-0.2, -0.15) is 0 Å². The molecule has 39 heavy (non-hydrogen) atoms. The van der Waals surface area contributed by atoms with Crippen LogP contribution in [0.25, 0.3) is 33.3 Å². The second-order valence-electron chi connectivity index (χ2n) is 10.00. The number of carbonyl (C=O) groups excluding carboxylic acids is 1. The molecule has 4 aromatic heterocycles. The first-order valence-corrected chi connectivity index (χ1v) is 13.2. The number of nitrogens with zero attached hydrogens (tertiary/aromatic N) is 6. The van der Waals surface area contributed by atoms with E-state index in [2.05, 4.69) is 59.7 Å². The Morgan fingerprint density at radius 2 is 1.69 bits per heavy atom. The van der Waals surface area contributed by atoms with Gasteiger partial charge in [0, 0.05) is 86.1 Å². The zero-order chi connectivity index (χ0) is 26.3. The summed E-state index contributed by atoms with van der Waals surface area (Å²) in [7, 11) is 1.82. The van der Waals surface area contributed by atoms with Gasteiger partial charge in [-0.25, -0.2) is 15.0 Å². The minimum atomic E-state index is 0.0160. The van der Waals surface area contributed by atoms with Crippen molar-refractivity contribution in [3.05, 3.63) is 61.2 Å². The molecular formula is C29H28N8O2. The van der Waals surface area contributed by atoms with Crippen LogP contribution in [0.3, 0.4) is 0 Å². The third-order valence-corrected chi connectivity index (χ3v) is 7.48. The van der Waals surface area contributed by atoms with Crippen LogP contribution in [0.1, 0.15) is 12.8 Å². The maximum atomic E-state index is 12.3. The van der Waals surface area contributed by atoms with Crippen molar-refractivity contribution in [2.24, 2.45) is 5.92 Å². The zero-order valence-corrected chi connectivity index (χ0v) is 21.6. The third-order valence-electron chi connectivity index (χ3n) is 7.48. The average molecular weight is 521 g/mol. The van der Waals surface area contributed by atoms with Gasteiger partial charge in [-0.3, -0.25) is 9.78 Å². The quantitative estimate of drug-likeness (QED) is 0.333. The Hall–Kier alpha value is -4.73. The number of anilines is 4. The molecule has 1 aliphatic carbocycles. The second-order valence-corrected chi connectivity index (χ2v) is 10.00. The summed E-state index contributed by atoms with van der Waals surface area (Å²) in [6.45, 7) is 3.71. The predicted molar refractivity (Wildman–Crippen MR) is 152 cm³/mol. The van der Waals surface area contributed by atoms with Crippen LogP contribution in [0.15, 0.2) is 65.6 Å². The molecule has 10 nitrogen and oxygen atoms in total. The lowest BCUT2D eigenvalue weighted by molar-refractivity contribution is -0.117. The first-order valence-electron chi connectivity index (χ1n) is 13.2. The second kappa shape index (κ2) is 9.54. The van der Waals surface area contributed by atoms with E-state index < -0.39 is 0 Å². The molecule has 196 valence electrons. The summed E-state index contributed by atoms with van der Waals surface area (Å²) in [5.74, 6) is 1.80. The number of hydrogen-bond acceptors (Lipinski definition) is 9. The van der Waals surface area contributed by atoms with Crippen molar-refractivity contribution in [3.63, 3.8) is 0 Å². The summed E-state index contributed by atoms with van der Waals surface area (Å²) < 4.78 is 6.21. The predicted octanol–water partition coefficient (Wildman–Crippen LogP) is 4.55. The number of amides is 1. The molecule has 7 rings (SSSR count). The lowest BCUT2D eigenvalue weighted by Crippen LogP contribution is -2.46. The molecule has 0 unspecified atom stereocenters. The number of piperazine rings is 1. The number of fused-ring (bicyclic) bond motifs is 2. The fourth-order valence-electron chi connectivity index (χ4n) is 5.15. The van der Waals surface area contributed by atoms with Crippen LogP contribution in [0.4, 0.5) is 23.0 Å². The Labute approximate surface area is 225 Å². The molecule has 2 aliphatic rings. The lowest BCUT2D eigenvalue weighted by Gasteiger charge is -2.37. The van der Waals surface area contributed by atoms with Crippen LogP contribution < -0.4 is 20.4 Å². The van der Waals surface area contributed by atoms with Crippen molar-refractivity contribution in [2.75, 3.05) is 53.7 Å². The van der Waals surface area contributed by atoms with E-state index in [0.717, 1.165) is 66.6 Å². The molecule has 1 amide bonds. The van der Waals surface area contributed by atoms with Crippen molar-refractivity contribution in [2.45, 2.75) is 12.8 Å². The van der Waals surface area contributed by atoms with Crippen LogP contribution in [0.2, 0.25) is 0 Å². The molecule has 1 saturated carbocycles. The minimum Gasteiger partial charge on any atom is -0.436 e. The molecule has 0 spiro atoms. The number of carbonyl (C=O) groups is 1. The van der Waals surface area contributed by atoms with Gasteiger partial charge in [0.15, 0.2) is 5.58 Å². The van der Waals surface area contributed by atoms with Crippen molar-refractivity contribution in [1.82, 2.24) is 19.9 Å². The van der Waals surface area contributed by atoms with Gasteiger partial charge >= 0.3 is 0 Å². The normalized spacial score (nSPS) is 15.6. The van der Waals surface area contributed by atoms with Crippen molar-refractivity contribution in [1.29, 1.82) is 0 Å². The number of oxazole rings is 1. The molecule has 5 heterocycles. The van der Waals surface area contributed by atoms with E-state index in [1.807, 2.05) is 31.6 Å². The molecule has 2 N–H and O–H groups in total. The van der Waals surface area contributed by atoms with Gasteiger partial charge < -0.3 is 24.9 Å². The summed E-state index contributed by atoms with van der Waals surface area (Å²) in [6, 6.07) is 12.1. The number of nitrogens with one attached hydrogen (secondary N) is 2. The average Bonchev–Trinajstić information content (AvgIpc) is 3.76. The number of rotatable bonds is 6. The monoisotopic (exact) mass is 520 g/mol. The van der Waals surface area contributed by atoms with Crippen LogP contribution in [0.5, 0.6) is 0 Å². The van der Waals surface area contributed by atoms with Crippen molar-refractivity contribution < 1.29 is 9.21 Å². The highest BCUT2D eigenvalue weighted by atomic mass is 16.3. The Morgan fingerprint density at radius 3 is 2.44 bits per heavy atom. The standard InChI is InChI=1S/C29H28N8O2/c1-30-27-22-16-32-26(35-28(38)18-2-3-18)15-21(22)23(17-33-27)29-34-24-14-20(4-5-25(24)39-29)37-12-10-36(11-13-37)19-6-8-31-9-7-19/h4-9,14-18H,2-3,10-13H2,1H3,(H,30,33)(H,32,35,38). The third kappa shape index (κ3) is 4.47. The van der Waals surface area contributed by atoms with Gasteiger partial charge in [-0.15, -0.1) is 0 Å². The molecule has 0 bridgehead atoms. The molecule has 1 aliphatic heterocycles. The highest BCUT2D eigenvalue weighted by Gasteiger charge is 2.30. The van der Waals surface area contributed by atoms with Gasteiger partial charge in [-0.1, -0.05) is 0 Å². The van der Waals surface area contributed by atoms with Gasteiger partial charge in [0.05, 0.1) is 5.56 Å². The number of pyridine rings is 3. The highest BCUT2D eigenvalue weighted by molar-refractivity contribution is 6.03. The van der Waals surface area contributed by atoms with E-state index >= 15 is 0 Å². The molecule has 0 atom stereocenters. The smallest absolute Gasteiger partial charge is 0.229 e. The first-order chi connectivity index (χ1) is 19.2. The molecule has 1 saturated heterocycles. The maximum absolute atomic E-state index is 12.3. The fourth-order valence-corrected chi connectivity index (χ4v) is 5.15. The number of aromatic nitrogens is 4. The van der Waals surface area contributed by atoms with Crippen LogP contribution in [-0.4, -0.2) is 59.1 Å². The summed E-state index contributed by atoms with van der Waals surface area (Å²) in [5.41, 5.74) is 4.58. The Kier molecular flexibility index (Phi) is 5.72. The minimum absolute atomic E-state index is 0.0160. The fraction of sp³-hybridized carbons (Fsp3) is 0.276. The first kappa shape index (κ1) is 23.4. The van der Waals surface area contributed by atoms with E-state index in [-0.39, 0.29) is 11.8 Å². The van der Waals surface area contributed by atoms with Crippen LogP contribution >= 0.6 is 0 Å². The summed E-state index contributed by atoms with van der Waals surface area (Å²) in [6.07, 6.45) is 9.03. The van der Waals surface area contributed by atoms with Gasteiger partial charge in [0.2, 0.25) is 11.8 Å². The van der Waals surface area contributed by atoms with Crippen molar-refractivity contribution in [3.8, 4) is 11.5 Å². The molecule has 5 aromatic rings. The van der Waals surface area contributed by atoms with E-state index in [4.69, 9.17) is 9.40 Å². The van der Waals surface area contributed by atoms with Gasteiger partial charge in [0.1, 0.15) is 17.2 Å². The number of benzene rings is 1. The van der Waals surface area contributed by atoms with Crippen LogP contribution in [-0.2, 0) is 4.79 Å². The largest absolute Gasteiger partial charge is 0.436 e. The summed E-state index contributed by atoms with van der Waals surface area (Å²) in [4.78, 5) is 35.1. The molecular weight excluding hydrogens is 492 g/mol. The highest BCUT2D eigenvalue weighted by Crippen LogP contribution is 2.35. The lowest BCUT2D eigenvalue weighted by atomic mass is 10.1. The van der Waals surface area contributed by atoms with Crippen LogP contribution in [0, 0.1) is 5.92 Å². The van der Waals surface area contributed by atoms with E-state index in [9.17, 15) is 4.79 Å².